The molecule has 0 aliphatic carbocycles. The summed E-state index contributed by atoms with van der Waals surface area (Å²) in [5, 5.41) is 16.5. The molecule has 0 aromatic carbocycles. The van der Waals surface area contributed by atoms with Gasteiger partial charge in [-0.15, -0.1) is 0 Å². The average Bonchev–Trinajstić information content (AvgIpc) is 2.89. The van der Waals surface area contributed by atoms with E-state index in [0.717, 1.165) is 24.2 Å². The maximum atomic E-state index is 12.6. The minimum Gasteiger partial charge on any atom is -0.409 e. The zero-order valence-corrected chi connectivity index (χ0v) is 13.1. The van der Waals surface area contributed by atoms with Crippen molar-refractivity contribution in [3.63, 3.8) is 0 Å². The minimum atomic E-state index is -1.01. The number of thiazole rings is 1. The molecular formula is C13H22N4O3S. The summed E-state index contributed by atoms with van der Waals surface area (Å²) in [6.07, 6.45) is 2.48. The van der Waals surface area contributed by atoms with Gasteiger partial charge in [0.1, 0.15) is 5.41 Å². The fourth-order valence-electron chi connectivity index (χ4n) is 2.42. The van der Waals surface area contributed by atoms with Crippen LogP contribution in [0.5, 0.6) is 0 Å². The van der Waals surface area contributed by atoms with Gasteiger partial charge >= 0.3 is 4.87 Å². The van der Waals surface area contributed by atoms with Crippen LogP contribution >= 0.6 is 11.3 Å². The molecule has 21 heavy (non-hydrogen) atoms. The maximum Gasteiger partial charge on any atom is 0.304 e. The summed E-state index contributed by atoms with van der Waals surface area (Å²) < 4.78 is 0. The highest BCUT2D eigenvalue weighted by Gasteiger charge is 2.41. The molecule has 118 valence electrons. The molecule has 1 heterocycles. The summed E-state index contributed by atoms with van der Waals surface area (Å²) in [6.45, 7) is 4.10. The van der Waals surface area contributed by atoms with Gasteiger partial charge in [-0.2, -0.15) is 0 Å². The molecule has 0 atom stereocenters. The third-order valence-electron chi connectivity index (χ3n) is 3.40. The number of amidine groups is 1. The molecule has 0 unspecified atom stereocenters. The van der Waals surface area contributed by atoms with Gasteiger partial charge in [0.2, 0.25) is 5.91 Å². The van der Waals surface area contributed by atoms with Crippen LogP contribution in [0, 0.1) is 5.41 Å². The molecule has 1 amide bonds. The fraction of sp³-hybridized carbons (Fsp3) is 0.615. The molecule has 5 N–H and O–H groups in total. The Balaban J connectivity index is 2.90. The first kappa shape index (κ1) is 17.2. The lowest BCUT2D eigenvalue weighted by molar-refractivity contribution is -0.128. The van der Waals surface area contributed by atoms with Crippen LogP contribution in [0.1, 0.15) is 45.2 Å². The Hall–Kier alpha value is -1.83. The zero-order chi connectivity index (χ0) is 15.9. The first-order valence-corrected chi connectivity index (χ1v) is 7.81. The van der Waals surface area contributed by atoms with Crippen molar-refractivity contribution in [3.8, 4) is 0 Å². The van der Waals surface area contributed by atoms with Crippen molar-refractivity contribution in [2.45, 2.75) is 46.1 Å². The first-order chi connectivity index (χ1) is 10.00. The number of aromatic amines is 1. The normalized spacial score (nSPS) is 12.4. The van der Waals surface area contributed by atoms with Crippen molar-refractivity contribution in [3.05, 3.63) is 20.7 Å². The van der Waals surface area contributed by atoms with Gasteiger partial charge in [-0.05, 0) is 12.8 Å². The highest BCUT2D eigenvalue weighted by atomic mass is 32.1. The van der Waals surface area contributed by atoms with E-state index in [-0.39, 0.29) is 23.2 Å². The van der Waals surface area contributed by atoms with Crippen LogP contribution in [0.2, 0.25) is 0 Å². The maximum absolute atomic E-state index is 12.6. The lowest BCUT2D eigenvalue weighted by Gasteiger charge is -2.30. The number of carbonyl (C=O) groups is 1. The number of nitrogens with zero attached hydrogens (tertiary/aromatic N) is 1. The van der Waals surface area contributed by atoms with Crippen LogP contribution in [0.25, 0.3) is 0 Å². The fourth-order valence-corrected chi connectivity index (χ4v) is 3.00. The van der Waals surface area contributed by atoms with E-state index in [0.29, 0.717) is 18.5 Å². The lowest BCUT2D eigenvalue weighted by atomic mass is 9.77. The van der Waals surface area contributed by atoms with E-state index >= 15 is 0 Å². The topological polar surface area (TPSA) is 121 Å². The predicted molar refractivity (Wildman–Crippen MR) is 82.4 cm³/mol. The Labute approximate surface area is 127 Å². The summed E-state index contributed by atoms with van der Waals surface area (Å²) >= 11 is 1.04. The van der Waals surface area contributed by atoms with Gasteiger partial charge in [-0.1, -0.05) is 43.2 Å². The molecule has 1 rings (SSSR count). The molecule has 0 radical (unpaired) electrons. The van der Waals surface area contributed by atoms with Gasteiger partial charge in [0.15, 0.2) is 5.84 Å². The SMILES string of the molecule is CCCC(CCC)(C(=O)NCc1csc(=O)[nH]1)C(N)=NO. The Morgan fingerprint density at radius 1 is 1.48 bits per heavy atom. The van der Waals surface area contributed by atoms with Crippen molar-refractivity contribution in [2.75, 3.05) is 0 Å². The summed E-state index contributed by atoms with van der Waals surface area (Å²) in [5.41, 5.74) is 5.42. The Kier molecular flexibility index (Phi) is 6.41. The standard InChI is InChI=1S/C13H22N4O3S/c1-3-5-13(6-4-2,10(14)17-20)11(18)15-7-9-8-21-12(19)16-9/h8,20H,3-7H2,1-2H3,(H2,14,17)(H,15,18)(H,16,19). The van der Waals surface area contributed by atoms with Gasteiger partial charge in [-0.3, -0.25) is 9.59 Å². The van der Waals surface area contributed by atoms with E-state index in [2.05, 4.69) is 15.5 Å². The highest BCUT2D eigenvalue weighted by Crippen LogP contribution is 2.30. The summed E-state index contributed by atoms with van der Waals surface area (Å²) in [7, 11) is 0. The largest absolute Gasteiger partial charge is 0.409 e. The molecular weight excluding hydrogens is 292 g/mol. The van der Waals surface area contributed by atoms with Crippen LogP contribution in [0.4, 0.5) is 0 Å². The first-order valence-electron chi connectivity index (χ1n) is 6.93. The van der Waals surface area contributed by atoms with Gasteiger partial charge in [0, 0.05) is 11.1 Å². The molecule has 0 aliphatic rings. The van der Waals surface area contributed by atoms with Gasteiger partial charge in [-0.25, -0.2) is 0 Å². The molecule has 8 heteroatoms. The molecule has 0 aliphatic heterocycles. The lowest BCUT2D eigenvalue weighted by Crippen LogP contribution is -2.49. The number of rotatable bonds is 8. The number of carbonyl (C=O) groups excluding carboxylic acids is 1. The van der Waals surface area contributed by atoms with Crippen LogP contribution < -0.4 is 15.9 Å². The predicted octanol–water partition coefficient (Wildman–Crippen LogP) is 1.39. The number of nitrogens with two attached hydrogens (primary N) is 1. The van der Waals surface area contributed by atoms with Crippen LogP contribution in [-0.2, 0) is 11.3 Å². The number of hydrogen-bond donors (Lipinski definition) is 4. The van der Waals surface area contributed by atoms with E-state index in [1.54, 1.807) is 5.38 Å². The Morgan fingerprint density at radius 2 is 2.10 bits per heavy atom. The smallest absolute Gasteiger partial charge is 0.304 e. The number of amides is 1. The van der Waals surface area contributed by atoms with Crippen molar-refractivity contribution in [1.82, 2.24) is 10.3 Å². The molecule has 1 aromatic heterocycles. The molecule has 0 spiro atoms. The van der Waals surface area contributed by atoms with E-state index in [9.17, 15) is 9.59 Å². The minimum absolute atomic E-state index is 0.0671. The molecule has 1 aromatic rings. The van der Waals surface area contributed by atoms with E-state index in [1.165, 1.54) is 0 Å². The third kappa shape index (κ3) is 4.07. The number of aromatic nitrogens is 1. The number of H-pyrrole nitrogens is 1. The monoisotopic (exact) mass is 314 g/mol. The van der Waals surface area contributed by atoms with Crippen molar-refractivity contribution in [2.24, 2.45) is 16.3 Å². The molecule has 0 fully saturated rings. The van der Waals surface area contributed by atoms with Gasteiger partial charge in [0.25, 0.3) is 0 Å². The number of hydrogen-bond acceptors (Lipinski definition) is 5. The van der Waals surface area contributed by atoms with Crippen molar-refractivity contribution < 1.29 is 10.0 Å². The van der Waals surface area contributed by atoms with Crippen LogP contribution in [-0.4, -0.2) is 21.9 Å². The number of nitrogens with one attached hydrogen (secondary N) is 2. The highest BCUT2D eigenvalue weighted by molar-refractivity contribution is 7.07. The average molecular weight is 314 g/mol. The van der Waals surface area contributed by atoms with E-state index < -0.39 is 5.41 Å². The summed E-state index contributed by atoms with van der Waals surface area (Å²) in [5.74, 6) is -0.351. The second-order valence-corrected chi connectivity index (χ2v) is 5.77. The molecule has 7 nitrogen and oxygen atoms in total. The Morgan fingerprint density at radius 3 is 2.52 bits per heavy atom. The summed E-state index contributed by atoms with van der Waals surface area (Å²) in [6, 6.07) is 0. The van der Waals surface area contributed by atoms with Gasteiger partial charge < -0.3 is 21.2 Å². The van der Waals surface area contributed by atoms with E-state index in [1.807, 2.05) is 13.8 Å². The second-order valence-electron chi connectivity index (χ2n) is 4.92. The van der Waals surface area contributed by atoms with Crippen molar-refractivity contribution in [1.29, 1.82) is 0 Å². The Bertz CT molecular complexity index is 544. The van der Waals surface area contributed by atoms with E-state index in [4.69, 9.17) is 10.9 Å². The number of oxime groups is 1. The zero-order valence-electron chi connectivity index (χ0n) is 12.3. The molecule has 0 saturated carbocycles. The molecule has 0 bridgehead atoms. The van der Waals surface area contributed by atoms with Crippen molar-refractivity contribution >= 4 is 23.1 Å². The van der Waals surface area contributed by atoms with Gasteiger partial charge in [0.05, 0.1) is 6.54 Å². The summed E-state index contributed by atoms with van der Waals surface area (Å²) in [4.78, 5) is 26.1. The third-order valence-corrected chi connectivity index (χ3v) is 4.11. The molecule has 0 saturated heterocycles. The van der Waals surface area contributed by atoms with Crippen LogP contribution in [0.15, 0.2) is 15.3 Å². The van der Waals surface area contributed by atoms with Crippen LogP contribution in [0.3, 0.4) is 0 Å². The quantitative estimate of drug-likeness (QED) is 0.251. The second kappa shape index (κ2) is 7.82.